The van der Waals surface area contributed by atoms with Crippen molar-refractivity contribution in [2.45, 2.75) is 26.9 Å². The van der Waals surface area contributed by atoms with Gasteiger partial charge in [-0.05, 0) is 20.8 Å². The highest BCUT2D eigenvalue weighted by Crippen LogP contribution is 1.94. The summed E-state index contributed by atoms with van der Waals surface area (Å²) in [5, 5.41) is 3.63. The van der Waals surface area contributed by atoms with Gasteiger partial charge in [0.05, 0.1) is 6.10 Å². The van der Waals surface area contributed by atoms with Gasteiger partial charge >= 0.3 is 0 Å². The molecule has 0 saturated carbocycles. The van der Waals surface area contributed by atoms with E-state index in [-0.39, 0.29) is 6.10 Å². The number of ether oxygens (including phenoxy) is 1. The van der Waals surface area contributed by atoms with Crippen LogP contribution < -0.4 is 5.32 Å². The smallest absolute Gasteiger partial charge is 0.116 e. The third-order valence-electron chi connectivity index (χ3n) is 0.801. The lowest BCUT2D eigenvalue weighted by Crippen LogP contribution is -2.15. The first-order valence-electron chi connectivity index (χ1n) is 3.30. The molecule has 0 aliphatic carbocycles. The monoisotopic (exact) mass is 163 g/mol. The summed E-state index contributed by atoms with van der Waals surface area (Å²) >= 11 is 5.54. The summed E-state index contributed by atoms with van der Waals surface area (Å²) in [4.78, 5) is 0. The number of allylic oxidation sites excluding steroid dienone is 1. The van der Waals surface area contributed by atoms with Crippen molar-refractivity contribution in [2.75, 3.05) is 6.73 Å². The van der Waals surface area contributed by atoms with Crippen molar-refractivity contribution in [3.05, 3.63) is 11.2 Å². The number of hydrogen-bond donors (Lipinski definition) is 1. The van der Waals surface area contributed by atoms with Gasteiger partial charge in [-0.1, -0.05) is 11.6 Å². The van der Waals surface area contributed by atoms with Crippen molar-refractivity contribution < 1.29 is 4.74 Å². The molecule has 0 amide bonds. The number of rotatable bonds is 4. The minimum atomic E-state index is 0.261. The van der Waals surface area contributed by atoms with Crippen LogP contribution in [-0.2, 0) is 4.74 Å². The molecule has 0 aromatic carbocycles. The molecule has 0 rings (SSSR count). The van der Waals surface area contributed by atoms with Gasteiger partial charge in [-0.2, -0.15) is 0 Å². The minimum absolute atomic E-state index is 0.261. The maximum absolute atomic E-state index is 5.54. The summed E-state index contributed by atoms with van der Waals surface area (Å²) < 4.78 is 5.18. The Kier molecular flexibility index (Phi) is 5.45. The van der Waals surface area contributed by atoms with E-state index in [1.807, 2.05) is 20.8 Å². The highest BCUT2D eigenvalue weighted by atomic mass is 35.5. The van der Waals surface area contributed by atoms with Crippen LogP contribution in [0, 0.1) is 0 Å². The second-order valence-electron chi connectivity index (χ2n) is 2.29. The maximum atomic E-state index is 5.54. The first kappa shape index (κ1) is 9.79. The standard InChI is InChI=1S/C7H14ClNO/c1-6(2)10-5-9-4-7(3)8/h4,6,9H,5H2,1-3H3/b7-4+. The third-order valence-corrected chi connectivity index (χ3v) is 0.910. The summed E-state index contributed by atoms with van der Waals surface area (Å²) in [7, 11) is 0. The minimum Gasteiger partial charge on any atom is -0.368 e. The Balaban J connectivity index is 3.13. The van der Waals surface area contributed by atoms with Gasteiger partial charge < -0.3 is 10.1 Å². The normalized spacial score (nSPS) is 12.3. The van der Waals surface area contributed by atoms with Gasteiger partial charge in [-0.15, -0.1) is 0 Å². The first-order chi connectivity index (χ1) is 4.63. The molecule has 10 heavy (non-hydrogen) atoms. The van der Waals surface area contributed by atoms with Gasteiger partial charge in [-0.3, -0.25) is 0 Å². The molecular formula is C7H14ClNO. The Bertz CT molecular complexity index is 108. The lowest BCUT2D eigenvalue weighted by atomic mass is 10.5. The number of nitrogens with one attached hydrogen (secondary N) is 1. The van der Waals surface area contributed by atoms with E-state index in [9.17, 15) is 0 Å². The molecule has 0 radical (unpaired) electrons. The largest absolute Gasteiger partial charge is 0.368 e. The van der Waals surface area contributed by atoms with Crippen LogP contribution in [0.2, 0.25) is 0 Å². The molecule has 2 nitrogen and oxygen atoms in total. The molecule has 0 aromatic heterocycles. The predicted octanol–water partition coefficient (Wildman–Crippen LogP) is 2.06. The van der Waals surface area contributed by atoms with Gasteiger partial charge in [0, 0.05) is 11.2 Å². The third kappa shape index (κ3) is 7.79. The van der Waals surface area contributed by atoms with Gasteiger partial charge in [0.25, 0.3) is 0 Å². The van der Waals surface area contributed by atoms with Crippen LogP contribution in [-0.4, -0.2) is 12.8 Å². The summed E-state index contributed by atoms with van der Waals surface area (Å²) in [5.41, 5.74) is 0. The van der Waals surface area contributed by atoms with E-state index in [1.165, 1.54) is 0 Å². The molecule has 0 saturated heterocycles. The van der Waals surface area contributed by atoms with Crippen molar-refractivity contribution in [3.63, 3.8) is 0 Å². The number of hydrogen-bond acceptors (Lipinski definition) is 2. The molecule has 1 N–H and O–H groups in total. The summed E-state index contributed by atoms with van der Waals surface area (Å²) in [6.45, 7) is 6.30. The molecule has 3 heteroatoms. The van der Waals surface area contributed by atoms with Gasteiger partial charge in [0.15, 0.2) is 0 Å². The van der Waals surface area contributed by atoms with Crippen molar-refractivity contribution in [1.82, 2.24) is 5.32 Å². The molecule has 0 aliphatic heterocycles. The quantitative estimate of drug-likeness (QED) is 0.506. The summed E-state index contributed by atoms with van der Waals surface area (Å²) in [6.07, 6.45) is 1.97. The lowest BCUT2D eigenvalue weighted by Gasteiger charge is -2.06. The van der Waals surface area contributed by atoms with Crippen molar-refractivity contribution in [2.24, 2.45) is 0 Å². The van der Waals surface area contributed by atoms with Crippen LogP contribution >= 0.6 is 11.6 Å². The number of halogens is 1. The lowest BCUT2D eigenvalue weighted by molar-refractivity contribution is 0.0715. The SMILES string of the molecule is C/C(Cl)=C\NCOC(C)C. The molecule has 0 heterocycles. The van der Waals surface area contributed by atoms with Crippen molar-refractivity contribution >= 4 is 11.6 Å². The van der Waals surface area contributed by atoms with Crippen molar-refractivity contribution in [1.29, 1.82) is 0 Å². The summed E-state index contributed by atoms with van der Waals surface area (Å²) in [5.74, 6) is 0. The topological polar surface area (TPSA) is 21.3 Å². The first-order valence-corrected chi connectivity index (χ1v) is 3.68. The van der Waals surface area contributed by atoms with E-state index in [1.54, 1.807) is 6.20 Å². The zero-order chi connectivity index (χ0) is 7.98. The average molecular weight is 164 g/mol. The highest BCUT2D eigenvalue weighted by molar-refractivity contribution is 6.29. The maximum Gasteiger partial charge on any atom is 0.116 e. The van der Waals surface area contributed by atoms with E-state index in [0.717, 1.165) is 5.03 Å². The zero-order valence-electron chi connectivity index (χ0n) is 6.65. The fraction of sp³-hybridized carbons (Fsp3) is 0.714. The van der Waals surface area contributed by atoms with E-state index in [2.05, 4.69) is 5.32 Å². The van der Waals surface area contributed by atoms with Crippen LogP contribution in [0.4, 0.5) is 0 Å². The molecule has 0 aromatic rings. The van der Waals surface area contributed by atoms with Crippen LogP contribution in [0.15, 0.2) is 11.2 Å². The Morgan fingerprint density at radius 1 is 1.70 bits per heavy atom. The van der Waals surface area contributed by atoms with Crippen LogP contribution in [0.1, 0.15) is 20.8 Å². The Labute approximate surface area is 67.2 Å². The predicted molar refractivity (Wildman–Crippen MR) is 43.8 cm³/mol. The van der Waals surface area contributed by atoms with Crippen LogP contribution in [0.25, 0.3) is 0 Å². The Morgan fingerprint density at radius 3 is 2.70 bits per heavy atom. The average Bonchev–Trinajstić information content (AvgIpc) is 1.79. The fourth-order valence-corrected chi connectivity index (χ4v) is 0.474. The second kappa shape index (κ2) is 5.57. The molecule has 0 unspecified atom stereocenters. The molecule has 60 valence electrons. The molecule has 0 bridgehead atoms. The van der Waals surface area contributed by atoms with Crippen LogP contribution in [0.5, 0.6) is 0 Å². The zero-order valence-corrected chi connectivity index (χ0v) is 7.40. The highest BCUT2D eigenvalue weighted by Gasteiger charge is 1.88. The molecule has 0 fully saturated rings. The van der Waals surface area contributed by atoms with E-state index < -0.39 is 0 Å². The molecule has 0 aliphatic rings. The fourth-order valence-electron chi connectivity index (χ4n) is 0.397. The molecule has 0 atom stereocenters. The Hall–Kier alpha value is -0.210. The van der Waals surface area contributed by atoms with Gasteiger partial charge in [-0.25, -0.2) is 0 Å². The molecule has 0 spiro atoms. The second-order valence-corrected chi connectivity index (χ2v) is 2.89. The Morgan fingerprint density at radius 2 is 2.30 bits per heavy atom. The van der Waals surface area contributed by atoms with Crippen LogP contribution in [0.3, 0.4) is 0 Å². The van der Waals surface area contributed by atoms with Gasteiger partial charge in [0.1, 0.15) is 6.73 Å². The summed E-state index contributed by atoms with van der Waals surface area (Å²) in [6, 6.07) is 0. The van der Waals surface area contributed by atoms with E-state index in [4.69, 9.17) is 16.3 Å². The van der Waals surface area contributed by atoms with E-state index >= 15 is 0 Å². The van der Waals surface area contributed by atoms with Gasteiger partial charge in [0.2, 0.25) is 0 Å². The van der Waals surface area contributed by atoms with Crippen molar-refractivity contribution in [3.8, 4) is 0 Å². The molecular weight excluding hydrogens is 150 g/mol. The van der Waals surface area contributed by atoms with E-state index in [0.29, 0.717) is 6.73 Å².